The summed E-state index contributed by atoms with van der Waals surface area (Å²) in [6.07, 6.45) is 7.52. The molecule has 1 aliphatic rings. The quantitative estimate of drug-likeness (QED) is 0.692. The van der Waals surface area contributed by atoms with Gasteiger partial charge in [-0.05, 0) is 19.8 Å². The highest BCUT2D eigenvalue weighted by atomic mass is 16.3. The van der Waals surface area contributed by atoms with Gasteiger partial charge in [-0.3, -0.25) is 4.79 Å². The first-order chi connectivity index (χ1) is 8.11. The van der Waals surface area contributed by atoms with Crippen LogP contribution in [0.2, 0.25) is 0 Å². The number of hydrogen-bond acceptors (Lipinski definition) is 3. The first-order valence-electron chi connectivity index (χ1n) is 6.82. The third kappa shape index (κ3) is 5.50. The van der Waals surface area contributed by atoms with Crippen molar-refractivity contribution < 1.29 is 9.90 Å². The Morgan fingerprint density at radius 2 is 1.82 bits per heavy atom. The van der Waals surface area contributed by atoms with Gasteiger partial charge in [0.1, 0.15) is 0 Å². The van der Waals surface area contributed by atoms with Crippen molar-refractivity contribution >= 4 is 5.91 Å². The van der Waals surface area contributed by atoms with Crippen LogP contribution in [0.5, 0.6) is 0 Å². The Morgan fingerprint density at radius 3 is 2.35 bits per heavy atom. The molecule has 1 amide bonds. The topological polar surface area (TPSA) is 75.3 Å². The van der Waals surface area contributed by atoms with Crippen LogP contribution in [-0.2, 0) is 4.79 Å². The Bertz CT molecular complexity index is 223. The number of nitrogens with two attached hydrogens (primary N) is 1. The number of nitrogens with one attached hydrogen (secondary N) is 1. The van der Waals surface area contributed by atoms with E-state index in [0.29, 0.717) is 6.54 Å². The molecule has 0 radical (unpaired) electrons. The maximum Gasteiger partial charge on any atom is 0.223 e. The minimum absolute atomic E-state index is 0.114. The van der Waals surface area contributed by atoms with E-state index in [9.17, 15) is 9.90 Å². The molecule has 4 heteroatoms. The van der Waals surface area contributed by atoms with Gasteiger partial charge >= 0.3 is 0 Å². The lowest BCUT2D eigenvalue weighted by atomic mass is 9.90. The third-order valence-corrected chi connectivity index (χ3v) is 3.61. The van der Waals surface area contributed by atoms with Gasteiger partial charge in [-0.15, -0.1) is 0 Å². The first kappa shape index (κ1) is 14.5. The smallest absolute Gasteiger partial charge is 0.223 e. The van der Waals surface area contributed by atoms with E-state index < -0.39 is 6.10 Å². The molecule has 2 atom stereocenters. The van der Waals surface area contributed by atoms with Crippen molar-refractivity contribution in [1.29, 1.82) is 0 Å². The van der Waals surface area contributed by atoms with Crippen LogP contribution in [0.3, 0.4) is 0 Å². The van der Waals surface area contributed by atoms with Crippen LogP contribution in [0.4, 0.5) is 0 Å². The lowest BCUT2D eigenvalue weighted by Gasteiger charge is -2.21. The van der Waals surface area contributed by atoms with E-state index in [0.717, 1.165) is 25.7 Å². The molecule has 1 fully saturated rings. The Hall–Kier alpha value is -0.610. The van der Waals surface area contributed by atoms with Crippen LogP contribution < -0.4 is 11.1 Å². The minimum Gasteiger partial charge on any atom is -0.392 e. The Labute approximate surface area is 104 Å². The molecule has 4 nitrogen and oxygen atoms in total. The molecule has 0 saturated heterocycles. The van der Waals surface area contributed by atoms with Gasteiger partial charge in [0.05, 0.1) is 6.10 Å². The minimum atomic E-state index is -0.576. The number of aliphatic hydroxyl groups is 1. The highest BCUT2D eigenvalue weighted by Gasteiger charge is 2.20. The van der Waals surface area contributed by atoms with Crippen LogP contribution in [0, 0.1) is 5.92 Å². The fraction of sp³-hybridized carbons (Fsp3) is 0.923. The number of aliphatic hydroxyl groups excluding tert-OH is 1. The molecule has 0 spiro atoms. The lowest BCUT2D eigenvalue weighted by Crippen LogP contribution is -2.45. The van der Waals surface area contributed by atoms with Crippen molar-refractivity contribution in [3.63, 3.8) is 0 Å². The summed E-state index contributed by atoms with van der Waals surface area (Å²) >= 11 is 0. The fourth-order valence-corrected chi connectivity index (χ4v) is 2.25. The molecule has 0 aromatic heterocycles. The molecule has 0 aliphatic heterocycles. The Kier molecular flexibility index (Phi) is 6.52. The standard InChI is InChI=1S/C13H26N2O2/c1-10(16)12(14)9-15-13(17)11-7-5-3-2-4-6-8-11/h10-12,16H,2-9,14H2,1H3,(H,15,17). The predicted molar refractivity (Wildman–Crippen MR) is 68.5 cm³/mol. The van der Waals surface area contributed by atoms with Gasteiger partial charge in [0.15, 0.2) is 0 Å². The second kappa shape index (κ2) is 7.67. The summed E-state index contributed by atoms with van der Waals surface area (Å²) in [6, 6.07) is -0.368. The van der Waals surface area contributed by atoms with Crippen molar-refractivity contribution in [1.82, 2.24) is 5.32 Å². The van der Waals surface area contributed by atoms with E-state index in [2.05, 4.69) is 5.32 Å². The van der Waals surface area contributed by atoms with Crippen LogP contribution in [0.1, 0.15) is 51.9 Å². The number of carbonyl (C=O) groups is 1. The van der Waals surface area contributed by atoms with Crippen molar-refractivity contribution in [2.75, 3.05) is 6.54 Å². The van der Waals surface area contributed by atoms with E-state index in [-0.39, 0.29) is 17.9 Å². The first-order valence-corrected chi connectivity index (χ1v) is 6.82. The summed E-state index contributed by atoms with van der Waals surface area (Å²) < 4.78 is 0. The van der Waals surface area contributed by atoms with Crippen molar-refractivity contribution in [3.8, 4) is 0 Å². The number of hydrogen-bond donors (Lipinski definition) is 3. The molecule has 1 aliphatic carbocycles. The van der Waals surface area contributed by atoms with E-state index in [4.69, 9.17) is 5.73 Å². The SMILES string of the molecule is CC(O)C(N)CNC(=O)C1CCCCCCC1. The molecule has 0 aromatic carbocycles. The van der Waals surface area contributed by atoms with Crippen molar-refractivity contribution in [2.24, 2.45) is 11.7 Å². The molecule has 2 unspecified atom stereocenters. The van der Waals surface area contributed by atoms with Crippen molar-refractivity contribution in [2.45, 2.75) is 64.0 Å². The summed E-state index contributed by atoms with van der Waals surface area (Å²) in [5.74, 6) is 0.263. The maximum absolute atomic E-state index is 11.9. The zero-order valence-corrected chi connectivity index (χ0v) is 10.8. The Balaban J connectivity index is 2.29. The van der Waals surface area contributed by atoms with E-state index >= 15 is 0 Å². The largest absolute Gasteiger partial charge is 0.392 e. The summed E-state index contributed by atoms with van der Waals surface area (Å²) in [7, 11) is 0. The van der Waals surface area contributed by atoms with Gasteiger partial charge in [0, 0.05) is 18.5 Å². The summed E-state index contributed by atoms with van der Waals surface area (Å²) in [6.45, 7) is 2.01. The molecule has 4 N–H and O–H groups in total. The van der Waals surface area contributed by atoms with Gasteiger partial charge in [-0.1, -0.05) is 32.1 Å². The number of rotatable bonds is 4. The van der Waals surface area contributed by atoms with Crippen LogP contribution in [-0.4, -0.2) is 29.7 Å². The summed E-state index contributed by atoms with van der Waals surface area (Å²) in [5, 5.41) is 12.1. The highest BCUT2D eigenvalue weighted by molar-refractivity contribution is 5.78. The van der Waals surface area contributed by atoms with E-state index in [1.807, 2.05) is 0 Å². The zero-order chi connectivity index (χ0) is 12.7. The molecule has 1 saturated carbocycles. The highest BCUT2D eigenvalue weighted by Crippen LogP contribution is 2.22. The maximum atomic E-state index is 11.9. The molecule has 0 aromatic rings. The molecular weight excluding hydrogens is 216 g/mol. The Morgan fingerprint density at radius 1 is 1.29 bits per heavy atom. The van der Waals surface area contributed by atoms with Crippen LogP contribution >= 0.6 is 0 Å². The van der Waals surface area contributed by atoms with Crippen LogP contribution in [0.25, 0.3) is 0 Å². The van der Waals surface area contributed by atoms with Crippen LogP contribution in [0.15, 0.2) is 0 Å². The van der Waals surface area contributed by atoms with E-state index in [1.165, 1.54) is 19.3 Å². The lowest BCUT2D eigenvalue weighted by molar-refractivity contribution is -0.125. The van der Waals surface area contributed by atoms with Crippen molar-refractivity contribution in [3.05, 3.63) is 0 Å². The van der Waals surface area contributed by atoms with Gasteiger partial charge in [0.2, 0.25) is 5.91 Å². The second-order valence-corrected chi connectivity index (χ2v) is 5.19. The normalized spacial score (nSPS) is 22.3. The molecule has 100 valence electrons. The van der Waals surface area contributed by atoms with E-state index in [1.54, 1.807) is 6.92 Å². The average Bonchev–Trinajstić information content (AvgIpc) is 2.24. The molecule has 17 heavy (non-hydrogen) atoms. The third-order valence-electron chi connectivity index (χ3n) is 3.61. The molecule has 0 heterocycles. The van der Waals surface area contributed by atoms with Gasteiger partial charge < -0.3 is 16.2 Å². The fourth-order valence-electron chi connectivity index (χ4n) is 2.25. The van der Waals surface area contributed by atoms with Gasteiger partial charge in [-0.2, -0.15) is 0 Å². The number of carbonyl (C=O) groups excluding carboxylic acids is 1. The summed E-state index contributed by atoms with van der Waals surface area (Å²) in [5.41, 5.74) is 5.69. The zero-order valence-electron chi connectivity index (χ0n) is 10.8. The average molecular weight is 242 g/mol. The molecule has 1 rings (SSSR count). The monoisotopic (exact) mass is 242 g/mol. The van der Waals surface area contributed by atoms with Gasteiger partial charge in [0.25, 0.3) is 0 Å². The predicted octanol–water partition coefficient (Wildman–Crippen LogP) is 1.17. The molecular formula is C13H26N2O2. The molecule has 0 bridgehead atoms. The summed E-state index contributed by atoms with van der Waals surface area (Å²) in [4.78, 5) is 11.9. The number of amides is 1. The second-order valence-electron chi connectivity index (χ2n) is 5.19. The van der Waals surface area contributed by atoms with Gasteiger partial charge in [-0.25, -0.2) is 0 Å².